The zero-order chi connectivity index (χ0) is 9.80. The number of nitrogens with one attached hydrogen (secondary N) is 1. The van der Waals surface area contributed by atoms with Crippen molar-refractivity contribution in [2.45, 2.75) is 12.8 Å². The Bertz CT molecular complexity index is 380. The SMILES string of the molecule is NCCCc1nnc(-c2ccn[nH]2)s1. The zero-order valence-electron chi connectivity index (χ0n) is 7.60. The van der Waals surface area contributed by atoms with E-state index in [1.807, 2.05) is 6.07 Å². The van der Waals surface area contributed by atoms with Crippen molar-refractivity contribution < 1.29 is 0 Å². The predicted molar refractivity (Wildman–Crippen MR) is 54.9 cm³/mol. The fourth-order valence-electron chi connectivity index (χ4n) is 1.09. The van der Waals surface area contributed by atoms with Gasteiger partial charge in [0.05, 0.1) is 5.69 Å². The number of hydrogen-bond acceptors (Lipinski definition) is 5. The monoisotopic (exact) mass is 209 g/mol. The summed E-state index contributed by atoms with van der Waals surface area (Å²) in [5.74, 6) is 0. The quantitative estimate of drug-likeness (QED) is 0.781. The van der Waals surface area contributed by atoms with Gasteiger partial charge < -0.3 is 5.73 Å². The van der Waals surface area contributed by atoms with E-state index >= 15 is 0 Å². The zero-order valence-corrected chi connectivity index (χ0v) is 8.42. The summed E-state index contributed by atoms with van der Waals surface area (Å²) in [4.78, 5) is 0. The van der Waals surface area contributed by atoms with E-state index in [1.165, 1.54) is 0 Å². The van der Waals surface area contributed by atoms with Crippen molar-refractivity contribution in [1.29, 1.82) is 0 Å². The van der Waals surface area contributed by atoms with Gasteiger partial charge in [-0.05, 0) is 19.0 Å². The Labute approximate surface area is 85.4 Å². The summed E-state index contributed by atoms with van der Waals surface area (Å²) >= 11 is 1.58. The molecule has 74 valence electrons. The average molecular weight is 209 g/mol. The highest BCUT2D eigenvalue weighted by Gasteiger charge is 2.06. The highest BCUT2D eigenvalue weighted by atomic mass is 32.1. The molecule has 0 bridgehead atoms. The van der Waals surface area contributed by atoms with Crippen LogP contribution in [0.15, 0.2) is 12.3 Å². The van der Waals surface area contributed by atoms with E-state index < -0.39 is 0 Å². The Balaban J connectivity index is 2.10. The Hall–Kier alpha value is -1.27. The number of nitrogens with two attached hydrogens (primary N) is 1. The highest BCUT2D eigenvalue weighted by Crippen LogP contribution is 2.21. The number of aromatic amines is 1. The summed E-state index contributed by atoms with van der Waals surface area (Å²) in [7, 11) is 0. The minimum atomic E-state index is 0.693. The van der Waals surface area contributed by atoms with Gasteiger partial charge in [0.15, 0.2) is 5.01 Å². The van der Waals surface area contributed by atoms with Gasteiger partial charge in [0, 0.05) is 12.6 Å². The summed E-state index contributed by atoms with van der Waals surface area (Å²) in [5.41, 5.74) is 6.34. The molecule has 6 heteroatoms. The second-order valence-corrected chi connectivity index (χ2v) is 3.93. The van der Waals surface area contributed by atoms with Crippen LogP contribution in [-0.2, 0) is 6.42 Å². The first-order chi connectivity index (χ1) is 6.90. The number of aromatic nitrogens is 4. The molecule has 2 aromatic heterocycles. The fourth-order valence-corrected chi connectivity index (χ4v) is 1.95. The average Bonchev–Trinajstić information content (AvgIpc) is 2.85. The van der Waals surface area contributed by atoms with Crippen LogP contribution < -0.4 is 5.73 Å². The number of aryl methyl sites for hydroxylation is 1. The maximum Gasteiger partial charge on any atom is 0.165 e. The molecule has 0 saturated heterocycles. The van der Waals surface area contributed by atoms with E-state index in [0.717, 1.165) is 28.6 Å². The lowest BCUT2D eigenvalue weighted by molar-refractivity contribution is 0.812. The van der Waals surface area contributed by atoms with Gasteiger partial charge in [-0.25, -0.2) is 0 Å². The molecule has 0 amide bonds. The maximum atomic E-state index is 5.42. The standard InChI is InChI=1S/C8H11N5S/c9-4-1-2-7-12-13-8(14-7)6-3-5-10-11-6/h3,5H,1-2,4,9H2,(H,10,11). The molecule has 0 fully saturated rings. The van der Waals surface area contributed by atoms with Gasteiger partial charge in [-0.3, -0.25) is 5.10 Å². The first-order valence-corrected chi connectivity index (χ1v) is 5.24. The van der Waals surface area contributed by atoms with Gasteiger partial charge in [0.2, 0.25) is 0 Å². The van der Waals surface area contributed by atoms with E-state index in [0.29, 0.717) is 6.54 Å². The molecule has 5 nitrogen and oxygen atoms in total. The third-order valence-electron chi connectivity index (χ3n) is 1.79. The topological polar surface area (TPSA) is 80.5 Å². The van der Waals surface area contributed by atoms with Crippen molar-refractivity contribution in [1.82, 2.24) is 20.4 Å². The van der Waals surface area contributed by atoms with Crippen LogP contribution in [0.3, 0.4) is 0 Å². The van der Waals surface area contributed by atoms with Crippen LogP contribution in [-0.4, -0.2) is 26.9 Å². The predicted octanol–water partition coefficient (Wildman–Crippen LogP) is 0.820. The molecule has 14 heavy (non-hydrogen) atoms. The van der Waals surface area contributed by atoms with Crippen molar-refractivity contribution in [2.75, 3.05) is 6.54 Å². The largest absolute Gasteiger partial charge is 0.330 e. The van der Waals surface area contributed by atoms with Crippen molar-refractivity contribution in [2.24, 2.45) is 5.73 Å². The van der Waals surface area contributed by atoms with Crippen LogP contribution in [0.5, 0.6) is 0 Å². The van der Waals surface area contributed by atoms with E-state index in [-0.39, 0.29) is 0 Å². The smallest absolute Gasteiger partial charge is 0.165 e. The molecular formula is C8H11N5S. The van der Waals surface area contributed by atoms with E-state index in [2.05, 4.69) is 20.4 Å². The van der Waals surface area contributed by atoms with Crippen molar-refractivity contribution in [3.05, 3.63) is 17.3 Å². The van der Waals surface area contributed by atoms with Crippen molar-refractivity contribution in [3.8, 4) is 10.7 Å². The molecule has 0 aliphatic carbocycles. The van der Waals surface area contributed by atoms with Gasteiger partial charge in [0.1, 0.15) is 5.01 Å². The summed E-state index contributed by atoms with van der Waals surface area (Å²) in [5, 5.41) is 16.8. The summed E-state index contributed by atoms with van der Waals surface area (Å²) in [6, 6.07) is 1.88. The van der Waals surface area contributed by atoms with Gasteiger partial charge in [0.25, 0.3) is 0 Å². The van der Waals surface area contributed by atoms with Crippen molar-refractivity contribution in [3.63, 3.8) is 0 Å². The number of rotatable bonds is 4. The molecule has 0 atom stereocenters. The van der Waals surface area contributed by atoms with Gasteiger partial charge >= 0.3 is 0 Å². The fraction of sp³-hybridized carbons (Fsp3) is 0.375. The molecule has 0 spiro atoms. The van der Waals surface area contributed by atoms with E-state index in [4.69, 9.17) is 5.73 Å². The number of H-pyrrole nitrogens is 1. The molecule has 0 radical (unpaired) electrons. The van der Waals surface area contributed by atoms with Crippen LogP contribution in [0.2, 0.25) is 0 Å². The molecule has 2 heterocycles. The van der Waals surface area contributed by atoms with Crippen molar-refractivity contribution >= 4 is 11.3 Å². The normalized spacial score (nSPS) is 10.6. The molecule has 2 aromatic rings. The van der Waals surface area contributed by atoms with Gasteiger partial charge in [-0.15, -0.1) is 10.2 Å². The van der Waals surface area contributed by atoms with Crippen LogP contribution in [0, 0.1) is 0 Å². The molecule has 2 rings (SSSR count). The minimum absolute atomic E-state index is 0.693. The molecular weight excluding hydrogens is 198 g/mol. The Morgan fingerprint density at radius 1 is 1.43 bits per heavy atom. The Morgan fingerprint density at radius 2 is 2.36 bits per heavy atom. The van der Waals surface area contributed by atoms with Crippen LogP contribution in [0.25, 0.3) is 10.7 Å². The van der Waals surface area contributed by atoms with Gasteiger partial charge in [-0.2, -0.15) is 5.10 Å². The first kappa shape index (κ1) is 9.29. The van der Waals surface area contributed by atoms with Gasteiger partial charge in [-0.1, -0.05) is 11.3 Å². The minimum Gasteiger partial charge on any atom is -0.330 e. The second-order valence-electron chi connectivity index (χ2n) is 2.86. The lowest BCUT2D eigenvalue weighted by Gasteiger charge is -1.89. The lowest BCUT2D eigenvalue weighted by atomic mass is 10.3. The van der Waals surface area contributed by atoms with Crippen LogP contribution in [0.1, 0.15) is 11.4 Å². The Kier molecular flexibility index (Phi) is 2.85. The number of nitrogens with zero attached hydrogens (tertiary/aromatic N) is 3. The Morgan fingerprint density at radius 3 is 3.07 bits per heavy atom. The summed E-state index contributed by atoms with van der Waals surface area (Å²) in [6.45, 7) is 0.693. The summed E-state index contributed by atoms with van der Waals surface area (Å²) in [6.07, 6.45) is 3.57. The molecule has 0 aliphatic heterocycles. The van der Waals surface area contributed by atoms with Crippen LogP contribution in [0.4, 0.5) is 0 Å². The van der Waals surface area contributed by atoms with E-state index in [9.17, 15) is 0 Å². The lowest BCUT2D eigenvalue weighted by Crippen LogP contribution is -1.99. The third-order valence-corrected chi connectivity index (χ3v) is 2.81. The third kappa shape index (κ3) is 1.97. The first-order valence-electron chi connectivity index (χ1n) is 4.42. The van der Waals surface area contributed by atoms with Crippen LogP contribution >= 0.6 is 11.3 Å². The summed E-state index contributed by atoms with van der Waals surface area (Å²) < 4.78 is 0. The highest BCUT2D eigenvalue weighted by molar-refractivity contribution is 7.14. The maximum absolute atomic E-state index is 5.42. The molecule has 0 unspecified atom stereocenters. The molecule has 0 saturated carbocycles. The second kappa shape index (κ2) is 4.30. The number of hydrogen-bond donors (Lipinski definition) is 2. The molecule has 3 N–H and O–H groups in total. The molecule has 0 aliphatic rings. The van der Waals surface area contributed by atoms with E-state index in [1.54, 1.807) is 17.5 Å². The molecule has 0 aromatic carbocycles.